The van der Waals surface area contributed by atoms with Crippen LogP contribution >= 0.6 is 11.3 Å². The highest BCUT2D eigenvalue weighted by Gasteiger charge is 2.30. The summed E-state index contributed by atoms with van der Waals surface area (Å²) in [7, 11) is 0. The minimum atomic E-state index is 0.329. The summed E-state index contributed by atoms with van der Waals surface area (Å²) >= 11 is 1.88. The first-order chi connectivity index (χ1) is 5.81. The van der Waals surface area contributed by atoms with Crippen LogP contribution in [0.5, 0.6) is 0 Å². The summed E-state index contributed by atoms with van der Waals surface area (Å²) in [5, 5.41) is 0. The van der Waals surface area contributed by atoms with Crippen molar-refractivity contribution in [3.05, 3.63) is 21.9 Å². The maximum atomic E-state index is 6.08. The Kier molecular flexibility index (Phi) is 2.20. The largest absolute Gasteiger partial charge is 0.323 e. The van der Waals surface area contributed by atoms with Crippen LogP contribution in [0.2, 0.25) is 0 Å². The third-order valence-corrected chi connectivity index (χ3v) is 3.82. The molecular formula is C10H15NS. The molecule has 0 spiro atoms. The highest BCUT2D eigenvalue weighted by molar-refractivity contribution is 7.12. The summed E-state index contributed by atoms with van der Waals surface area (Å²) in [4.78, 5) is 2.84. The zero-order valence-corrected chi connectivity index (χ0v) is 8.23. The fourth-order valence-electron chi connectivity index (χ4n) is 1.45. The molecule has 1 fully saturated rings. The number of hydrogen-bond donors (Lipinski definition) is 1. The maximum absolute atomic E-state index is 6.08. The number of aryl methyl sites for hydroxylation is 1. The number of thiophene rings is 1. The third kappa shape index (κ3) is 1.54. The first-order valence-corrected chi connectivity index (χ1v) is 5.47. The molecule has 1 saturated carbocycles. The van der Waals surface area contributed by atoms with Crippen molar-refractivity contribution in [3.8, 4) is 0 Å². The average molecular weight is 181 g/mol. The van der Waals surface area contributed by atoms with E-state index in [4.69, 9.17) is 5.73 Å². The van der Waals surface area contributed by atoms with Crippen LogP contribution in [0.15, 0.2) is 12.1 Å². The second-order valence-electron chi connectivity index (χ2n) is 3.52. The van der Waals surface area contributed by atoms with Crippen LogP contribution in [-0.2, 0) is 6.42 Å². The van der Waals surface area contributed by atoms with E-state index in [9.17, 15) is 0 Å². The van der Waals surface area contributed by atoms with Gasteiger partial charge in [-0.2, -0.15) is 0 Å². The fraction of sp³-hybridized carbons (Fsp3) is 0.600. The van der Waals surface area contributed by atoms with Crippen molar-refractivity contribution in [2.45, 2.75) is 32.2 Å². The molecule has 1 aliphatic carbocycles. The third-order valence-electron chi connectivity index (χ3n) is 2.49. The van der Waals surface area contributed by atoms with E-state index in [1.54, 1.807) is 0 Å². The second-order valence-corrected chi connectivity index (χ2v) is 4.72. The molecule has 1 atom stereocenters. The Balaban J connectivity index is 2.10. The fourth-order valence-corrected chi connectivity index (χ4v) is 2.50. The van der Waals surface area contributed by atoms with E-state index in [1.807, 2.05) is 11.3 Å². The molecule has 66 valence electrons. The molecule has 0 aromatic carbocycles. The van der Waals surface area contributed by atoms with E-state index in [1.165, 1.54) is 22.6 Å². The Hall–Kier alpha value is -0.340. The van der Waals surface area contributed by atoms with E-state index in [0.29, 0.717) is 6.04 Å². The van der Waals surface area contributed by atoms with E-state index < -0.39 is 0 Å². The second kappa shape index (κ2) is 3.19. The summed E-state index contributed by atoms with van der Waals surface area (Å²) in [6.45, 7) is 2.19. The molecule has 0 radical (unpaired) electrons. The Morgan fingerprint density at radius 2 is 2.33 bits per heavy atom. The van der Waals surface area contributed by atoms with E-state index in [2.05, 4.69) is 19.1 Å². The topological polar surface area (TPSA) is 26.0 Å². The van der Waals surface area contributed by atoms with Crippen molar-refractivity contribution >= 4 is 11.3 Å². The van der Waals surface area contributed by atoms with Gasteiger partial charge in [0.2, 0.25) is 0 Å². The lowest BCUT2D eigenvalue weighted by Crippen LogP contribution is -2.10. The Labute approximate surface area is 77.6 Å². The zero-order valence-electron chi connectivity index (χ0n) is 7.42. The van der Waals surface area contributed by atoms with Gasteiger partial charge in [-0.25, -0.2) is 0 Å². The Bertz CT molecular complexity index is 263. The minimum absolute atomic E-state index is 0.329. The van der Waals surface area contributed by atoms with Gasteiger partial charge in [0.25, 0.3) is 0 Å². The monoisotopic (exact) mass is 181 g/mol. The van der Waals surface area contributed by atoms with Crippen LogP contribution in [0.25, 0.3) is 0 Å². The molecular weight excluding hydrogens is 166 g/mol. The van der Waals surface area contributed by atoms with Gasteiger partial charge < -0.3 is 5.73 Å². The van der Waals surface area contributed by atoms with Crippen molar-refractivity contribution in [2.75, 3.05) is 0 Å². The molecule has 0 amide bonds. The summed E-state index contributed by atoms with van der Waals surface area (Å²) < 4.78 is 0. The molecule has 2 heteroatoms. The summed E-state index contributed by atoms with van der Waals surface area (Å²) in [5.74, 6) is 0.786. The molecule has 1 nitrogen and oxygen atoms in total. The van der Waals surface area contributed by atoms with E-state index in [0.717, 1.165) is 12.3 Å². The van der Waals surface area contributed by atoms with Gasteiger partial charge >= 0.3 is 0 Å². The van der Waals surface area contributed by atoms with Crippen LogP contribution in [0.4, 0.5) is 0 Å². The summed E-state index contributed by atoms with van der Waals surface area (Å²) in [6.07, 6.45) is 3.81. The predicted molar refractivity (Wildman–Crippen MR) is 53.3 cm³/mol. The normalized spacial score (nSPS) is 19.5. The van der Waals surface area contributed by atoms with Crippen LogP contribution < -0.4 is 5.73 Å². The van der Waals surface area contributed by atoms with Gasteiger partial charge in [0.15, 0.2) is 0 Å². The SMILES string of the molecule is CCc1ccc([C@H](N)C2CC2)s1. The quantitative estimate of drug-likeness (QED) is 0.762. The standard InChI is InChI=1S/C10H15NS/c1-2-8-5-6-9(12-8)10(11)7-3-4-7/h5-7,10H,2-4,11H2,1H3/t10-/m1/s1. The summed E-state index contributed by atoms with van der Waals surface area (Å²) in [5.41, 5.74) is 6.08. The molecule has 1 aromatic heterocycles. The maximum Gasteiger partial charge on any atom is 0.0418 e. The molecule has 0 aliphatic heterocycles. The van der Waals surface area contributed by atoms with Crippen LogP contribution in [0, 0.1) is 5.92 Å². The smallest absolute Gasteiger partial charge is 0.0418 e. The van der Waals surface area contributed by atoms with E-state index in [-0.39, 0.29) is 0 Å². The van der Waals surface area contributed by atoms with Crippen molar-refractivity contribution < 1.29 is 0 Å². The number of hydrogen-bond acceptors (Lipinski definition) is 2. The molecule has 1 aliphatic rings. The van der Waals surface area contributed by atoms with Crippen molar-refractivity contribution in [2.24, 2.45) is 11.7 Å². The zero-order chi connectivity index (χ0) is 8.55. The number of nitrogens with two attached hydrogens (primary N) is 1. The number of rotatable bonds is 3. The summed E-state index contributed by atoms with van der Waals surface area (Å²) in [6, 6.07) is 4.74. The molecule has 1 aromatic rings. The molecule has 0 unspecified atom stereocenters. The molecule has 0 saturated heterocycles. The lowest BCUT2D eigenvalue weighted by atomic mass is 10.2. The van der Waals surface area contributed by atoms with Crippen LogP contribution in [0.1, 0.15) is 35.6 Å². The lowest BCUT2D eigenvalue weighted by Gasteiger charge is -2.05. The molecule has 1 heterocycles. The first kappa shape index (κ1) is 8.27. The Morgan fingerprint density at radius 1 is 1.58 bits per heavy atom. The van der Waals surface area contributed by atoms with Gasteiger partial charge in [0, 0.05) is 15.8 Å². The lowest BCUT2D eigenvalue weighted by molar-refractivity contribution is 0.645. The van der Waals surface area contributed by atoms with Gasteiger partial charge in [0.05, 0.1) is 0 Å². The Morgan fingerprint density at radius 3 is 2.83 bits per heavy atom. The van der Waals surface area contributed by atoms with Crippen LogP contribution in [0.3, 0.4) is 0 Å². The van der Waals surface area contributed by atoms with E-state index >= 15 is 0 Å². The van der Waals surface area contributed by atoms with Gasteiger partial charge in [0.1, 0.15) is 0 Å². The van der Waals surface area contributed by atoms with Crippen molar-refractivity contribution in [1.29, 1.82) is 0 Å². The van der Waals surface area contributed by atoms with Gasteiger partial charge in [-0.3, -0.25) is 0 Å². The molecule has 2 rings (SSSR count). The molecule has 12 heavy (non-hydrogen) atoms. The molecule has 0 bridgehead atoms. The van der Waals surface area contributed by atoms with Crippen LogP contribution in [-0.4, -0.2) is 0 Å². The first-order valence-electron chi connectivity index (χ1n) is 4.65. The highest BCUT2D eigenvalue weighted by Crippen LogP contribution is 2.41. The van der Waals surface area contributed by atoms with Gasteiger partial charge in [-0.1, -0.05) is 6.92 Å². The molecule has 2 N–H and O–H groups in total. The van der Waals surface area contributed by atoms with Gasteiger partial charge in [-0.15, -0.1) is 11.3 Å². The predicted octanol–water partition coefficient (Wildman–Crippen LogP) is 2.72. The minimum Gasteiger partial charge on any atom is -0.323 e. The van der Waals surface area contributed by atoms with Crippen molar-refractivity contribution in [1.82, 2.24) is 0 Å². The highest BCUT2D eigenvalue weighted by atomic mass is 32.1. The van der Waals surface area contributed by atoms with Gasteiger partial charge in [-0.05, 0) is 37.3 Å². The van der Waals surface area contributed by atoms with Crippen molar-refractivity contribution in [3.63, 3.8) is 0 Å². The average Bonchev–Trinajstić information content (AvgIpc) is 2.82.